The molecule has 3 rings (SSSR count). The quantitative estimate of drug-likeness (QED) is 0.379. The zero-order chi connectivity index (χ0) is 18.8. The van der Waals surface area contributed by atoms with Crippen molar-refractivity contribution in [1.82, 2.24) is 0 Å². The molecule has 2 atom stereocenters. The van der Waals surface area contributed by atoms with Crippen LogP contribution < -0.4 is 10.4 Å². The Labute approximate surface area is 165 Å². The molecule has 0 amide bonds. The minimum absolute atomic E-state index is 0.0137. The van der Waals surface area contributed by atoms with Gasteiger partial charge in [-0.1, -0.05) is 12.1 Å². The Balaban J connectivity index is 1.67. The third-order valence-electron chi connectivity index (χ3n) is 4.59. The number of nitrogens with zero attached hydrogens (tertiary/aromatic N) is 2. The predicted octanol–water partition coefficient (Wildman–Crippen LogP) is 2.46. The van der Waals surface area contributed by atoms with Gasteiger partial charge in [0.05, 0.1) is 11.3 Å². The molecule has 0 aromatic heterocycles. The van der Waals surface area contributed by atoms with Gasteiger partial charge >= 0.3 is 7.12 Å². The summed E-state index contributed by atoms with van der Waals surface area (Å²) in [7, 11) is -1.12. The second kappa shape index (κ2) is 7.97. The number of carbonyl (C=O) groups excluding carboxylic acids is 2. The van der Waals surface area contributed by atoms with Gasteiger partial charge in [0.25, 0.3) is 0 Å². The van der Waals surface area contributed by atoms with Gasteiger partial charge in [-0.05, 0) is 47.6 Å². The molecular weight excluding hydrogens is 448 g/mol. The maximum Gasteiger partial charge on any atom is 0.526 e. The van der Waals surface area contributed by atoms with Crippen molar-refractivity contribution < 1.29 is 19.3 Å². The molecule has 0 fully saturated rings. The number of Topliss-reactive ketones (excluding diaryl/α,β-unsaturated/α-hetero) is 2. The first-order valence-corrected chi connectivity index (χ1v) is 9.47. The van der Waals surface area contributed by atoms with Crippen LogP contribution in [0.5, 0.6) is 5.75 Å². The van der Waals surface area contributed by atoms with Crippen LogP contribution in [-0.4, -0.2) is 36.3 Å². The zero-order valence-electron chi connectivity index (χ0n) is 14.3. The van der Waals surface area contributed by atoms with Crippen molar-refractivity contribution in [3.8, 4) is 5.75 Å². The molecule has 0 aliphatic carbocycles. The van der Waals surface area contributed by atoms with Crippen molar-refractivity contribution in [1.29, 1.82) is 0 Å². The van der Waals surface area contributed by atoms with Gasteiger partial charge in [-0.2, -0.15) is 10.2 Å². The monoisotopic (exact) mass is 467 g/mol. The van der Waals surface area contributed by atoms with Gasteiger partial charge in [-0.3, -0.25) is 9.59 Å². The number of hydrogen-bond donors (Lipinski definition) is 2. The molecule has 0 bridgehead atoms. The van der Waals surface area contributed by atoms with Crippen LogP contribution in [0.4, 0.5) is 0 Å². The summed E-state index contributed by atoms with van der Waals surface area (Å²) in [6.07, 6.45) is 0.893. The maximum absolute atomic E-state index is 12.5. The number of hydrogen-bond acceptors (Lipinski definition) is 7. The van der Waals surface area contributed by atoms with Gasteiger partial charge in [0.2, 0.25) is 0 Å². The second-order valence-electron chi connectivity index (χ2n) is 6.50. The molecule has 136 valence electrons. The molecule has 9 heteroatoms. The van der Waals surface area contributed by atoms with Crippen molar-refractivity contribution in [2.24, 2.45) is 16.0 Å². The van der Waals surface area contributed by atoms with E-state index >= 15 is 0 Å². The molecule has 0 saturated carbocycles. The lowest BCUT2D eigenvalue weighted by Crippen LogP contribution is -2.36. The maximum atomic E-state index is 12.5. The topological polar surface area (TPSA) is 114 Å². The van der Waals surface area contributed by atoms with Crippen LogP contribution in [-0.2, 0) is 11.2 Å². The van der Waals surface area contributed by atoms with Crippen LogP contribution in [0.15, 0.2) is 37.7 Å². The summed E-state index contributed by atoms with van der Waals surface area (Å²) in [5.41, 5.74) is 7.59. The van der Waals surface area contributed by atoms with E-state index in [2.05, 4.69) is 32.8 Å². The summed E-state index contributed by atoms with van der Waals surface area (Å²) in [6.45, 7) is 1.76. The number of carbonyl (C=O) groups is 2. The summed E-state index contributed by atoms with van der Waals surface area (Å²) in [4.78, 5) is 24.2. The molecule has 3 N–H and O–H groups in total. The molecular formula is C17H19BIN3O4. The molecule has 0 saturated heterocycles. The van der Waals surface area contributed by atoms with Crippen molar-refractivity contribution >= 4 is 41.3 Å². The smallest absolute Gasteiger partial charge is 0.526 e. The summed E-state index contributed by atoms with van der Waals surface area (Å²) >= 11 is 2.13. The number of azo groups is 1. The van der Waals surface area contributed by atoms with Crippen molar-refractivity contribution in [2.75, 3.05) is 6.54 Å². The van der Waals surface area contributed by atoms with E-state index in [4.69, 9.17) is 10.4 Å². The average molecular weight is 467 g/mol. The lowest BCUT2D eigenvalue weighted by atomic mass is 9.64. The molecule has 2 aliphatic rings. The van der Waals surface area contributed by atoms with Gasteiger partial charge in [0.1, 0.15) is 17.6 Å². The normalized spacial score (nSPS) is 21.6. The highest BCUT2D eigenvalue weighted by molar-refractivity contribution is 14.1. The highest BCUT2D eigenvalue weighted by atomic mass is 127. The fourth-order valence-corrected chi connectivity index (χ4v) is 3.90. The number of para-hydroxylation sites is 1. The Morgan fingerprint density at radius 2 is 2.19 bits per heavy atom. The minimum Gasteiger partial charge on any atom is -0.535 e. The molecule has 0 radical (unpaired) electrons. The van der Waals surface area contributed by atoms with Gasteiger partial charge in [0.15, 0.2) is 5.78 Å². The van der Waals surface area contributed by atoms with E-state index in [0.29, 0.717) is 24.3 Å². The van der Waals surface area contributed by atoms with E-state index in [1.54, 1.807) is 12.1 Å². The van der Waals surface area contributed by atoms with Crippen LogP contribution >= 0.6 is 22.6 Å². The highest BCUT2D eigenvalue weighted by Crippen LogP contribution is 2.37. The van der Waals surface area contributed by atoms with Gasteiger partial charge in [-0.15, -0.1) is 0 Å². The standard InChI is InChI=1S/C17H19BIN3O4/c1-9(23)13-4-2-3-10-5-11(18(25)26-17(10)13)6-12(24)7-14-16(19)15(8-20)22-21-14/h2-4,11,14,25H,5-8,20H2,1H3/t11-,14?/m1/s1. The fourth-order valence-electron chi connectivity index (χ4n) is 3.23. The Morgan fingerprint density at radius 3 is 2.85 bits per heavy atom. The number of benzene rings is 1. The SMILES string of the molecule is CC(=O)c1cccc2c1OB(O)[C@@H](CC(=O)CC1N=NC(CN)=C1I)C2. The van der Waals surface area contributed by atoms with E-state index in [0.717, 1.165) is 14.8 Å². The lowest BCUT2D eigenvalue weighted by molar-refractivity contribution is -0.119. The van der Waals surface area contributed by atoms with E-state index in [9.17, 15) is 14.6 Å². The molecule has 7 nitrogen and oxygen atoms in total. The first kappa shape index (κ1) is 19.2. The average Bonchev–Trinajstić information content (AvgIpc) is 2.94. The van der Waals surface area contributed by atoms with Crippen molar-refractivity contribution in [3.05, 3.63) is 38.6 Å². The van der Waals surface area contributed by atoms with Gasteiger partial charge in [-0.25, -0.2) is 0 Å². The molecule has 1 aromatic carbocycles. The van der Waals surface area contributed by atoms with Crippen LogP contribution in [0, 0.1) is 0 Å². The molecule has 0 spiro atoms. The van der Waals surface area contributed by atoms with E-state index in [1.807, 2.05) is 6.07 Å². The lowest BCUT2D eigenvalue weighted by Gasteiger charge is -2.28. The fraction of sp³-hybridized carbons (Fsp3) is 0.412. The summed E-state index contributed by atoms with van der Waals surface area (Å²) in [6, 6.07) is 5.04. The number of halogens is 1. The summed E-state index contributed by atoms with van der Waals surface area (Å²) in [5, 5.41) is 18.4. The van der Waals surface area contributed by atoms with E-state index in [1.165, 1.54) is 6.92 Å². The first-order valence-electron chi connectivity index (χ1n) is 8.39. The largest absolute Gasteiger partial charge is 0.535 e. The van der Waals surface area contributed by atoms with Crippen LogP contribution in [0.25, 0.3) is 0 Å². The minimum atomic E-state index is -1.12. The third-order valence-corrected chi connectivity index (χ3v) is 5.93. The highest BCUT2D eigenvalue weighted by Gasteiger charge is 2.38. The van der Waals surface area contributed by atoms with E-state index in [-0.39, 0.29) is 36.3 Å². The molecule has 1 aromatic rings. The van der Waals surface area contributed by atoms with Crippen LogP contribution in [0.3, 0.4) is 0 Å². The Hall–Kier alpha value is -1.59. The van der Waals surface area contributed by atoms with Crippen molar-refractivity contribution in [2.45, 2.75) is 38.0 Å². The van der Waals surface area contributed by atoms with E-state index < -0.39 is 7.12 Å². The van der Waals surface area contributed by atoms with Gasteiger partial charge in [0, 0.05) is 28.8 Å². The Bertz CT molecular complexity index is 811. The predicted molar refractivity (Wildman–Crippen MR) is 105 cm³/mol. The molecule has 1 unspecified atom stereocenters. The number of ketones is 2. The number of rotatable bonds is 6. The molecule has 2 heterocycles. The Kier molecular flexibility index (Phi) is 5.88. The first-order chi connectivity index (χ1) is 12.4. The third kappa shape index (κ3) is 3.89. The van der Waals surface area contributed by atoms with Gasteiger partial charge < -0.3 is 15.4 Å². The molecule has 2 aliphatic heterocycles. The second-order valence-corrected chi connectivity index (χ2v) is 7.66. The number of fused-ring (bicyclic) bond motifs is 1. The Morgan fingerprint density at radius 1 is 1.42 bits per heavy atom. The van der Waals surface area contributed by atoms with Crippen LogP contribution in [0.1, 0.15) is 35.7 Å². The summed E-state index contributed by atoms with van der Waals surface area (Å²) in [5.74, 6) is -0.0653. The number of nitrogens with two attached hydrogens (primary N) is 1. The zero-order valence-corrected chi connectivity index (χ0v) is 16.5. The van der Waals surface area contributed by atoms with Crippen LogP contribution in [0.2, 0.25) is 5.82 Å². The molecule has 26 heavy (non-hydrogen) atoms. The van der Waals surface area contributed by atoms with Crippen molar-refractivity contribution in [3.63, 3.8) is 0 Å². The summed E-state index contributed by atoms with van der Waals surface area (Å²) < 4.78 is 6.47.